The molecule has 124 valence electrons. The second-order valence-corrected chi connectivity index (χ2v) is 8.03. The maximum absolute atomic E-state index is 11.8. The number of nitrogens with one attached hydrogen (secondary N) is 1. The Labute approximate surface area is 141 Å². The minimum Gasteiger partial charge on any atom is -0.493 e. The zero-order valence-corrected chi connectivity index (χ0v) is 14.3. The van der Waals surface area contributed by atoms with Crippen LogP contribution in [-0.2, 0) is 11.2 Å². The van der Waals surface area contributed by atoms with Gasteiger partial charge in [-0.25, -0.2) is 0 Å². The van der Waals surface area contributed by atoms with Crippen molar-refractivity contribution in [1.29, 1.82) is 0 Å². The first-order chi connectivity index (χ1) is 11.1. The fourth-order valence-electron chi connectivity index (χ4n) is 3.34. The molecule has 23 heavy (non-hydrogen) atoms. The molecule has 2 aliphatic rings. The number of rotatable bonds is 5. The van der Waals surface area contributed by atoms with Crippen molar-refractivity contribution in [3.63, 3.8) is 0 Å². The SMILES string of the molecule is CC1(COc2ccccc2CC2SC(=O)NC2=O)CCCCC1. The van der Waals surface area contributed by atoms with Crippen molar-refractivity contribution in [1.82, 2.24) is 5.32 Å². The molecule has 2 fully saturated rings. The Morgan fingerprint density at radius 1 is 1.22 bits per heavy atom. The van der Waals surface area contributed by atoms with Gasteiger partial charge >= 0.3 is 0 Å². The van der Waals surface area contributed by atoms with E-state index in [1.165, 1.54) is 32.1 Å². The third kappa shape index (κ3) is 4.08. The van der Waals surface area contributed by atoms with Gasteiger partial charge in [-0.15, -0.1) is 0 Å². The van der Waals surface area contributed by atoms with Crippen LogP contribution in [-0.4, -0.2) is 23.0 Å². The molecule has 0 spiro atoms. The van der Waals surface area contributed by atoms with Crippen molar-refractivity contribution in [2.24, 2.45) is 5.41 Å². The zero-order valence-electron chi connectivity index (χ0n) is 13.5. The number of carbonyl (C=O) groups is 2. The van der Waals surface area contributed by atoms with E-state index in [1.807, 2.05) is 24.3 Å². The normalized spacial score (nSPS) is 23.6. The van der Waals surface area contributed by atoms with E-state index in [9.17, 15) is 9.59 Å². The lowest BCUT2D eigenvalue weighted by Crippen LogP contribution is -2.28. The van der Waals surface area contributed by atoms with Crippen molar-refractivity contribution in [2.45, 2.75) is 50.7 Å². The minimum absolute atomic E-state index is 0.200. The highest BCUT2D eigenvalue weighted by molar-refractivity contribution is 8.15. The fraction of sp³-hybridized carbons (Fsp3) is 0.556. The summed E-state index contributed by atoms with van der Waals surface area (Å²) in [6.45, 7) is 3.01. The van der Waals surface area contributed by atoms with Crippen LogP contribution < -0.4 is 10.1 Å². The summed E-state index contributed by atoms with van der Waals surface area (Å²) in [5.74, 6) is 0.640. The maximum atomic E-state index is 11.8. The Morgan fingerprint density at radius 2 is 1.96 bits per heavy atom. The van der Waals surface area contributed by atoms with Crippen LogP contribution >= 0.6 is 11.8 Å². The molecule has 1 saturated heterocycles. The smallest absolute Gasteiger partial charge is 0.286 e. The van der Waals surface area contributed by atoms with Gasteiger partial charge in [-0.05, 0) is 30.9 Å². The number of benzene rings is 1. The summed E-state index contributed by atoms with van der Waals surface area (Å²) in [6, 6.07) is 7.84. The summed E-state index contributed by atoms with van der Waals surface area (Å²) in [4.78, 5) is 23.1. The van der Waals surface area contributed by atoms with Crippen molar-refractivity contribution >= 4 is 22.9 Å². The minimum atomic E-state index is -0.350. The predicted octanol–water partition coefficient (Wildman–Crippen LogP) is 3.93. The number of hydrogen-bond donors (Lipinski definition) is 1. The van der Waals surface area contributed by atoms with E-state index in [2.05, 4.69) is 12.2 Å². The predicted molar refractivity (Wildman–Crippen MR) is 91.8 cm³/mol. The zero-order chi connectivity index (χ0) is 16.3. The highest BCUT2D eigenvalue weighted by Crippen LogP contribution is 2.37. The molecule has 2 amide bonds. The number of imide groups is 1. The van der Waals surface area contributed by atoms with Crippen LogP contribution in [0.15, 0.2) is 24.3 Å². The number of thioether (sulfide) groups is 1. The van der Waals surface area contributed by atoms with E-state index in [-0.39, 0.29) is 21.8 Å². The van der Waals surface area contributed by atoms with Crippen LogP contribution in [0, 0.1) is 5.41 Å². The monoisotopic (exact) mass is 333 g/mol. The van der Waals surface area contributed by atoms with Gasteiger partial charge in [0.25, 0.3) is 5.24 Å². The third-order valence-corrected chi connectivity index (χ3v) is 5.76. The summed E-state index contributed by atoms with van der Waals surface area (Å²) in [5.41, 5.74) is 1.25. The number of ether oxygens (including phenoxy) is 1. The van der Waals surface area contributed by atoms with Gasteiger partial charge in [0.05, 0.1) is 11.9 Å². The molecule has 1 heterocycles. The van der Waals surface area contributed by atoms with E-state index in [0.717, 1.165) is 23.1 Å². The van der Waals surface area contributed by atoms with Crippen molar-refractivity contribution < 1.29 is 14.3 Å². The van der Waals surface area contributed by atoms with E-state index in [4.69, 9.17) is 4.74 Å². The Bertz CT molecular complexity index is 596. The van der Waals surface area contributed by atoms with Crippen LogP contribution in [0.2, 0.25) is 0 Å². The number of carbonyl (C=O) groups excluding carboxylic acids is 2. The molecule has 4 nitrogen and oxygen atoms in total. The van der Waals surface area contributed by atoms with Gasteiger partial charge in [-0.3, -0.25) is 14.9 Å². The van der Waals surface area contributed by atoms with Crippen LogP contribution in [0.25, 0.3) is 0 Å². The third-order valence-electron chi connectivity index (χ3n) is 4.78. The van der Waals surface area contributed by atoms with E-state index >= 15 is 0 Å². The lowest BCUT2D eigenvalue weighted by molar-refractivity contribution is -0.118. The molecule has 1 N–H and O–H groups in total. The Kier molecular flexibility index (Phi) is 4.95. The van der Waals surface area contributed by atoms with Crippen molar-refractivity contribution in [3.8, 4) is 5.75 Å². The molecule has 1 atom stereocenters. The second kappa shape index (κ2) is 6.95. The van der Waals surface area contributed by atoms with E-state index in [0.29, 0.717) is 13.0 Å². The summed E-state index contributed by atoms with van der Waals surface area (Å²) in [5, 5.41) is 1.73. The van der Waals surface area contributed by atoms with Gasteiger partial charge in [0.15, 0.2) is 0 Å². The second-order valence-electron chi connectivity index (χ2n) is 6.86. The van der Waals surface area contributed by atoms with Crippen LogP contribution in [0.3, 0.4) is 0 Å². The lowest BCUT2D eigenvalue weighted by atomic mass is 9.76. The molecular weight excluding hydrogens is 310 g/mol. The van der Waals surface area contributed by atoms with Crippen LogP contribution in [0.4, 0.5) is 4.79 Å². The molecule has 5 heteroatoms. The summed E-state index contributed by atoms with van der Waals surface area (Å²) >= 11 is 1.07. The van der Waals surface area contributed by atoms with Gasteiger partial charge in [0, 0.05) is 5.41 Å². The quantitative estimate of drug-likeness (QED) is 0.887. The van der Waals surface area contributed by atoms with E-state index in [1.54, 1.807) is 0 Å². The average molecular weight is 333 g/mol. The van der Waals surface area contributed by atoms with Gasteiger partial charge in [-0.1, -0.05) is 56.1 Å². The van der Waals surface area contributed by atoms with Crippen LogP contribution in [0.1, 0.15) is 44.6 Å². The van der Waals surface area contributed by atoms with Gasteiger partial charge < -0.3 is 4.74 Å². The molecule has 1 aliphatic heterocycles. The molecule has 0 radical (unpaired) electrons. The maximum Gasteiger partial charge on any atom is 0.286 e. The standard InChI is InChI=1S/C18H23NO3S/c1-18(9-5-2-6-10-18)12-22-14-8-4-3-7-13(14)11-15-16(20)19-17(21)23-15/h3-4,7-8,15H,2,5-6,9-12H2,1H3,(H,19,20,21). The Morgan fingerprint density at radius 3 is 2.65 bits per heavy atom. The van der Waals surface area contributed by atoms with Crippen molar-refractivity contribution in [2.75, 3.05) is 6.61 Å². The molecule has 0 bridgehead atoms. The van der Waals surface area contributed by atoms with Crippen molar-refractivity contribution in [3.05, 3.63) is 29.8 Å². The molecule has 1 saturated carbocycles. The first-order valence-electron chi connectivity index (χ1n) is 8.28. The van der Waals surface area contributed by atoms with E-state index < -0.39 is 0 Å². The molecule has 3 rings (SSSR count). The molecule has 1 aromatic carbocycles. The first kappa shape index (κ1) is 16.4. The van der Waals surface area contributed by atoms with Crippen LogP contribution in [0.5, 0.6) is 5.75 Å². The topological polar surface area (TPSA) is 55.4 Å². The molecule has 1 aromatic rings. The number of hydrogen-bond acceptors (Lipinski definition) is 4. The summed E-state index contributed by atoms with van der Waals surface area (Å²) < 4.78 is 6.13. The average Bonchev–Trinajstić information content (AvgIpc) is 2.85. The summed E-state index contributed by atoms with van der Waals surface area (Å²) in [6.07, 6.45) is 6.84. The molecule has 1 aliphatic carbocycles. The first-order valence-corrected chi connectivity index (χ1v) is 9.16. The Hall–Kier alpha value is -1.49. The fourth-order valence-corrected chi connectivity index (χ4v) is 4.19. The van der Waals surface area contributed by atoms with Gasteiger partial charge in [0.1, 0.15) is 5.75 Å². The molecular formula is C18H23NO3S. The Balaban J connectivity index is 1.66. The largest absolute Gasteiger partial charge is 0.493 e. The molecule has 1 unspecified atom stereocenters. The number of amides is 2. The number of para-hydroxylation sites is 1. The van der Waals surface area contributed by atoms with Gasteiger partial charge in [-0.2, -0.15) is 0 Å². The highest BCUT2D eigenvalue weighted by atomic mass is 32.2. The lowest BCUT2D eigenvalue weighted by Gasteiger charge is -2.33. The van der Waals surface area contributed by atoms with Gasteiger partial charge in [0.2, 0.25) is 5.91 Å². The highest BCUT2D eigenvalue weighted by Gasteiger charge is 2.32. The molecule has 0 aromatic heterocycles. The summed E-state index contributed by atoms with van der Waals surface area (Å²) in [7, 11) is 0.